The number of aromatic carboxylic acids is 1. The van der Waals surface area contributed by atoms with Gasteiger partial charge in [-0.05, 0) is 0 Å². The van der Waals surface area contributed by atoms with Gasteiger partial charge in [-0.2, -0.15) is 13.2 Å². The molecule has 0 unspecified atom stereocenters. The van der Waals surface area contributed by atoms with Crippen LogP contribution in [-0.4, -0.2) is 29.3 Å². The number of hydrogen-bond acceptors (Lipinski definition) is 4. The van der Waals surface area contributed by atoms with Crippen molar-refractivity contribution >= 4 is 17.3 Å². The topological polar surface area (TPSA) is 59.4 Å². The summed E-state index contributed by atoms with van der Waals surface area (Å²) in [7, 11) is 1.36. The Labute approximate surface area is 99.0 Å². The first kappa shape index (κ1) is 13.9. The van der Waals surface area contributed by atoms with E-state index in [0.29, 0.717) is 0 Å². The summed E-state index contributed by atoms with van der Waals surface area (Å²) >= 11 is 0.758. The molecule has 1 N–H and O–H groups in total. The lowest BCUT2D eigenvalue weighted by atomic mass is 10.3. The smallest absolute Gasteiger partial charge is 0.389 e. The highest BCUT2D eigenvalue weighted by atomic mass is 32.1. The predicted molar refractivity (Wildman–Crippen MR) is 54.2 cm³/mol. The Kier molecular flexibility index (Phi) is 4.47. The van der Waals surface area contributed by atoms with Gasteiger partial charge in [-0.15, -0.1) is 11.3 Å². The summed E-state index contributed by atoms with van der Waals surface area (Å²) in [5, 5.41) is 8.99. The highest BCUT2D eigenvalue weighted by molar-refractivity contribution is 7.13. The van der Waals surface area contributed by atoms with Gasteiger partial charge in [0.1, 0.15) is 4.88 Å². The summed E-state index contributed by atoms with van der Waals surface area (Å²) in [6.07, 6.45) is -5.58. The monoisotopic (exact) mass is 269 g/mol. The lowest BCUT2D eigenvalue weighted by Crippen LogP contribution is -2.08. The number of carboxylic acid groups (broad SMARTS) is 1. The second-order valence-electron chi connectivity index (χ2n) is 3.24. The minimum atomic E-state index is -4.27. The summed E-state index contributed by atoms with van der Waals surface area (Å²) in [6.45, 7) is -0.0237. The SMILES string of the molecule is COCc1nc(CCC(F)(F)F)sc1C(=O)O. The van der Waals surface area contributed by atoms with Crippen LogP contribution in [0, 0.1) is 0 Å². The van der Waals surface area contributed by atoms with E-state index in [0.717, 1.165) is 11.3 Å². The molecular formula is C9H10F3NO3S. The Morgan fingerprint density at radius 2 is 2.18 bits per heavy atom. The van der Waals surface area contributed by atoms with E-state index in [-0.39, 0.29) is 28.6 Å². The zero-order valence-corrected chi connectivity index (χ0v) is 9.69. The van der Waals surface area contributed by atoms with Crippen molar-refractivity contribution in [3.8, 4) is 0 Å². The van der Waals surface area contributed by atoms with E-state index in [2.05, 4.69) is 4.98 Å². The molecule has 1 heterocycles. The van der Waals surface area contributed by atoms with Gasteiger partial charge in [-0.25, -0.2) is 9.78 Å². The van der Waals surface area contributed by atoms with Gasteiger partial charge in [0.05, 0.1) is 17.3 Å². The zero-order valence-electron chi connectivity index (χ0n) is 8.87. The van der Waals surface area contributed by atoms with Gasteiger partial charge in [0.2, 0.25) is 0 Å². The number of carbonyl (C=O) groups is 1. The third-order valence-corrected chi connectivity index (χ3v) is 2.98. The minimum absolute atomic E-state index is 0.0237. The molecule has 8 heteroatoms. The Balaban J connectivity index is 2.81. The van der Waals surface area contributed by atoms with Crippen LogP contribution in [0.25, 0.3) is 0 Å². The van der Waals surface area contributed by atoms with Gasteiger partial charge >= 0.3 is 12.1 Å². The van der Waals surface area contributed by atoms with Gasteiger partial charge in [0, 0.05) is 20.0 Å². The molecule has 0 radical (unpaired) electrons. The molecule has 0 saturated heterocycles. The van der Waals surface area contributed by atoms with Crippen molar-refractivity contribution in [2.24, 2.45) is 0 Å². The van der Waals surface area contributed by atoms with Crippen molar-refractivity contribution < 1.29 is 27.8 Å². The number of halogens is 3. The van der Waals surface area contributed by atoms with Crippen LogP contribution in [0.4, 0.5) is 13.2 Å². The van der Waals surface area contributed by atoms with E-state index in [1.54, 1.807) is 0 Å². The van der Waals surface area contributed by atoms with Crippen LogP contribution in [0.1, 0.15) is 26.8 Å². The maximum absolute atomic E-state index is 12.0. The fourth-order valence-corrected chi connectivity index (χ4v) is 2.06. The van der Waals surface area contributed by atoms with E-state index in [1.165, 1.54) is 7.11 Å². The first-order chi connectivity index (χ1) is 7.83. The molecule has 0 amide bonds. The molecule has 0 bridgehead atoms. The Hall–Kier alpha value is -1.15. The van der Waals surface area contributed by atoms with Crippen LogP contribution in [0.5, 0.6) is 0 Å². The van der Waals surface area contributed by atoms with Crippen molar-refractivity contribution in [1.82, 2.24) is 4.98 Å². The number of methoxy groups -OCH3 is 1. The summed E-state index contributed by atoms with van der Waals surface area (Å²) in [5.41, 5.74) is 0.169. The molecule has 0 aliphatic rings. The molecule has 0 aromatic carbocycles. The second-order valence-corrected chi connectivity index (χ2v) is 4.32. The van der Waals surface area contributed by atoms with Gasteiger partial charge in [-0.1, -0.05) is 0 Å². The normalized spacial score (nSPS) is 11.8. The van der Waals surface area contributed by atoms with Crippen molar-refractivity contribution in [3.05, 3.63) is 15.6 Å². The third-order valence-electron chi connectivity index (χ3n) is 1.84. The second kappa shape index (κ2) is 5.46. The maximum Gasteiger partial charge on any atom is 0.389 e. The Morgan fingerprint density at radius 3 is 2.65 bits per heavy atom. The number of aryl methyl sites for hydroxylation is 1. The van der Waals surface area contributed by atoms with E-state index in [1.807, 2.05) is 0 Å². The lowest BCUT2D eigenvalue weighted by molar-refractivity contribution is -0.134. The average Bonchev–Trinajstić information content (AvgIpc) is 2.58. The standard InChI is InChI=1S/C9H10F3NO3S/c1-16-4-5-7(8(14)15)17-6(13-5)2-3-9(10,11)12/h2-4H2,1H3,(H,14,15). The summed E-state index contributed by atoms with van der Waals surface area (Å²) < 4.78 is 40.7. The number of carboxylic acids is 1. The van der Waals surface area contributed by atoms with E-state index < -0.39 is 18.6 Å². The number of rotatable bonds is 5. The number of nitrogens with zero attached hydrogens (tertiary/aromatic N) is 1. The van der Waals surface area contributed by atoms with Crippen molar-refractivity contribution in [3.63, 3.8) is 0 Å². The fraction of sp³-hybridized carbons (Fsp3) is 0.556. The number of aromatic nitrogens is 1. The molecule has 0 spiro atoms. The highest BCUT2D eigenvalue weighted by Crippen LogP contribution is 2.26. The molecule has 0 saturated carbocycles. The fourth-order valence-electron chi connectivity index (χ4n) is 1.16. The Morgan fingerprint density at radius 1 is 1.53 bits per heavy atom. The molecule has 0 aliphatic heterocycles. The number of thiazole rings is 1. The van der Waals surface area contributed by atoms with Crippen molar-refractivity contribution in [2.75, 3.05) is 7.11 Å². The van der Waals surface area contributed by atoms with Gasteiger partial charge in [-0.3, -0.25) is 0 Å². The maximum atomic E-state index is 12.0. The highest BCUT2D eigenvalue weighted by Gasteiger charge is 2.28. The van der Waals surface area contributed by atoms with Gasteiger partial charge in [0.15, 0.2) is 0 Å². The van der Waals surface area contributed by atoms with Crippen molar-refractivity contribution in [1.29, 1.82) is 0 Å². The molecule has 17 heavy (non-hydrogen) atoms. The number of ether oxygens (including phenoxy) is 1. The van der Waals surface area contributed by atoms with Gasteiger partial charge in [0.25, 0.3) is 0 Å². The lowest BCUT2D eigenvalue weighted by Gasteiger charge is -2.02. The van der Waals surface area contributed by atoms with E-state index >= 15 is 0 Å². The zero-order chi connectivity index (χ0) is 13.1. The van der Waals surface area contributed by atoms with E-state index in [9.17, 15) is 18.0 Å². The number of hydrogen-bond donors (Lipinski definition) is 1. The molecule has 1 aromatic heterocycles. The summed E-state index contributed by atoms with van der Waals surface area (Å²) in [6, 6.07) is 0. The van der Waals surface area contributed by atoms with E-state index in [4.69, 9.17) is 9.84 Å². The van der Waals surface area contributed by atoms with Crippen LogP contribution in [0.15, 0.2) is 0 Å². The van der Waals surface area contributed by atoms with Crippen molar-refractivity contribution in [2.45, 2.75) is 25.6 Å². The molecule has 96 valence electrons. The number of alkyl halides is 3. The van der Waals surface area contributed by atoms with Crippen LogP contribution in [-0.2, 0) is 17.8 Å². The molecule has 0 fully saturated rings. The summed E-state index contributed by atoms with van der Waals surface area (Å²) in [4.78, 5) is 14.6. The van der Waals surface area contributed by atoms with Crippen LogP contribution in [0.2, 0.25) is 0 Å². The first-order valence-corrected chi connectivity index (χ1v) is 5.42. The molecule has 0 atom stereocenters. The molecular weight excluding hydrogens is 259 g/mol. The molecule has 1 aromatic rings. The summed E-state index contributed by atoms with van der Waals surface area (Å²) in [5.74, 6) is -1.20. The minimum Gasteiger partial charge on any atom is -0.477 e. The molecule has 4 nitrogen and oxygen atoms in total. The van der Waals surface area contributed by atoms with Gasteiger partial charge < -0.3 is 9.84 Å². The predicted octanol–water partition coefficient (Wildman–Crippen LogP) is 2.48. The average molecular weight is 269 g/mol. The third kappa shape index (κ3) is 4.31. The Bertz CT molecular complexity index is 403. The van der Waals surface area contributed by atoms with Crippen LogP contribution >= 0.6 is 11.3 Å². The quantitative estimate of drug-likeness (QED) is 0.892. The molecule has 0 aliphatic carbocycles. The van der Waals surface area contributed by atoms with Crippen LogP contribution in [0.3, 0.4) is 0 Å². The largest absolute Gasteiger partial charge is 0.477 e. The first-order valence-electron chi connectivity index (χ1n) is 4.61. The molecule has 1 rings (SSSR count). The van der Waals surface area contributed by atoms with Crippen LogP contribution < -0.4 is 0 Å².